The summed E-state index contributed by atoms with van der Waals surface area (Å²) in [6.07, 6.45) is 0.484. The minimum absolute atomic E-state index is 0.134. The third-order valence-corrected chi connectivity index (χ3v) is 4.99. The SMILES string of the molecule is O=S1(=O)CC[C@@H](Cl)[C@@H]1Cl. The first kappa shape index (κ1) is 7.63. The molecule has 1 fully saturated rings. The van der Waals surface area contributed by atoms with Crippen LogP contribution in [-0.4, -0.2) is 24.3 Å². The number of rotatable bonds is 0. The summed E-state index contributed by atoms with van der Waals surface area (Å²) in [6.45, 7) is 0. The van der Waals surface area contributed by atoms with Crippen LogP contribution in [0.3, 0.4) is 0 Å². The molecule has 0 spiro atoms. The van der Waals surface area contributed by atoms with Crippen LogP contribution in [0.25, 0.3) is 0 Å². The lowest BCUT2D eigenvalue weighted by molar-refractivity contribution is 0.600. The van der Waals surface area contributed by atoms with Crippen molar-refractivity contribution >= 4 is 33.0 Å². The van der Waals surface area contributed by atoms with E-state index >= 15 is 0 Å². The Morgan fingerprint density at radius 1 is 1.33 bits per heavy atom. The van der Waals surface area contributed by atoms with Crippen molar-refractivity contribution in [3.05, 3.63) is 0 Å². The Hall–Kier alpha value is 0.530. The quantitative estimate of drug-likeness (QED) is 0.532. The van der Waals surface area contributed by atoms with Crippen molar-refractivity contribution in [3.8, 4) is 0 Å². The molecule has 1 aliphatic heterocycles. The molecule has 0 bridgehead atoms. The second-order valence-electron chi connectivity index (χ2n) is 2.02. The van der Waals surface area contributed by atoms with Gasteiger partial charge in [-0.3, -0.25) is 0 Å². The fraction of sp³-hybridized carbons (Fsp3) is 1.00. The molecule has 2 atom stereocenters. The Balaban J connectivity index is 2.87. The summed E-state index contributed by atoms with van der Waals surface area (Å²) in [5, 5.41) is -0.392. The molecule has 0 aromatic carbocycles. The van der Waals surface area contributed by atoms with Crippen LogP contribution in [0, 0.1) is 0 Å². The van der Waals surface area contributed by atoms with Gasteiger partial charge >= 0.3 is 0 Å². The fourth-order valence-corrected chi connectivity index (χ4v) is 3.24. The van der Waals surface area contributed by atoms with E-state index in [1.54, 1.807) is 0 Å². The van der Waals surface area contributed by atoms with E-state index in [4.69, 9.17) is 23.2 Å². The lowest BCUT2D eigenvalue weighted by atomic mass is 10.4. The topological polar surface area (TPSA) is 34.1 Å². The standard InChI is InChI=1S/C4H6Cl2O2S/c5-3-1-2-9(7,8)4(3)6/h3-4H,1-2H2/t3-,4-/m1/s1. The third kappa shape index (κ3) is 1.33. The third-order valence-electron chi connectivity index (χ3n) is 1.31. The Labute approximate surface area is 64.1 Å². The highest BCUT2D eigenvalue weighted by Gasteiger charge is 2.37. The smallest absolute Gasteiger partial charge is 0.168 e. The molecule has 54 valence electrons. The van der Waals surface area contributed by atoms with Crippen LogP contribution < -0.4 is 0 Å². The number of hydrogen-bond donors (Lipinski definition) is 0. The van der Waals surface area contributed by atoms with E-state index in [0.717, 1.165) is 0 Å². The first-order chi connectivity index (χ1) is 4.04. The molecule has 0 amide bonds. The largest absolute Gasteiger partial charge is 0.227 e. The van der Waals surface area contributed by atoms with E-state index < -0.39 is 19.9 Å². The zero-order valence-corrected chi connectivity index (χ0v) is 6.88. The molecule has 0 aromatic heterocycles. The van der Waals surface area contributed by atoms with Crippen LogP contribution in [0.4, 0.5) is 0 Å². The molecule has 1 aliphatic rings. The molecule has 9 heavy (non-hydrogen) atoms. The van der Waals surface area contributed by atoms with Gasteiger partial charge in [0.25, 0.3) is 0 Å². The van der Waals surface area contributed by atoms with Crippen LogP contribution in [0.5, 0.6) is 0 Å². The average Bonchev–Trinajstić information content (AvgIpc) is 1.97. The van der Waals surface area contributed by atoms with Crippen LogP contribution in [0.1, 0.15) is 6.42 Å². The molecular weight excluding hydrogens is 183 g/mol. The number of alkyl halides is 2. The first-order valence-electron chi connectivity index (χ1n) is 2.54. The van der Waals surface area contributed by atoms with Crippen molar-refractivity contribution in [2.45, 2.75) is 16.5 Å². The highest BCUT2D eigenvalue weighted by molar-refractivity contribution is 7.93. The Bertz CT molecular complexity index is 199. The van der Waals surface area contributed by atoms with E-state index in [1.807, 2.05) is 0 Å². The van der Waals surface area contributed by atoms with E-state index in [-0.39, 0.29) is 5.75 Å². The Morgan fingerprint density at radius 2 is 1.89 bits per heavy atom. The summed E-state index contributed by atoms with van der Waals surface area (Å²) in [5.41, 5.74) is 0. The van der Waals surface area contributed by atoms with E-state index in [1.165, 1.54) is 0 Å². The van der Waals surface area contributed by atoms with Crippen molar-refractivity contribution in [1.29, 1.82) is 0 Å². The van der Waals surface area contributed by atoms with Gasteiger partial charge in [0.15, 0.2) is 14.5 Å². The second-order valence-corrected chi connectivity index (χ2v) is 5.55. The van der Waals surface area contributed by atoms with Gasteiger partial charge in [-0.05, 0) is 6.42 Å². The van der Waals surface area contributed by atoms with Gasteiger partial charge in [0.2, 0.25) is 0 Å². The summed E-state index contributed by atoms with van der Waals surface area (Å²) in [5.74, 6) is 0.134. The van der Waals surface area contributed by atoms with Crippen molar-refractivity contribution in [2.24, 2.45) is 0 Å². The number of sulfone groups is 1. The van der Waals surface area contributed by atoms with Crippen LogP contribution in [-0.2, 0) is 9.84 Å². The van der Waals surface area contributed by atoms with Crippen molar-refractivity contribution < 1.29 is 8.42 Å². The predicted molar refractivity (Wildman–Crippen MR) is 37.7 cm³/mol. The van der Waals surface area contributed by atoms with Gasteiger partial charge in [-0.2, -0.15) is 0 Å². The fourth-order valence-electron chi connectivity index (χ4n) is 0.745. The maximum atomic E-state index is 10.8. The van der Waals surface area contributed by atoms with Gasteiger partial charge in [-0.1, -0.05) is 0 Å². The van der Waals surface area contributed by atoms with Crippen molar-refractivity contribution in [3.63, 3.8) is 0 Å². The molecule has 1 heterocycles. The van der Waals surface area contributed by atoms with Crippen molar-refractivity contribution in [1.82, 2.24) is 0 Å². The summed E-state index contributed by atoms with van der Waals surface area (Å²) in [7, 11) is -3.04. The lowest BCUT2D eigenvalue weighted by Gasteiger charge is -2.00. The van der Waals surface area contributed by atoms with E-state index in [2.05, 4.69) is 0 Å². The maximum absolute atomic E-state index is 10.8. The molecule has 1 saturated heterocycles. The zero-order valence-electron chi connectivity index (χ0n) is 4.55. The van der Waals surface area contributed by atoms with Gasteiger partial charge in [0, 0.05) is 0 Å². The van der Waals surface area contributed by atoms with Gasteiger partial charge in [-0.25, -0.2) is 8.42 Å². The van der Waals surface area contributed by atoms with Crippen LogP contribution >= 0.6 is 23.2 Å². The highest BCUT2D eigenvalue weighted by Crippen LogP contribution is 2.27. The second kappa shape index (κ2) is 2.29. The molecule has 0 N–H and O–H groups in total. The van der Waals surface area contributed by atoms with E-state index in [9.17, 15) is 8.42 Å². The zero-order chi connectivity index (χ0) is 7.07. The molecular formula is C4H6Cl2O2S. The van der Waals surface area contributed by atoms with E-state index in [0.29, 0.717) is 6.42 Å². The summed E-state index contributed by atoms with van der Waals surface area (Å²) < 4.78 is 20.6. The lowest BCUT2D eigenvalue weighted by Crippen LogP contribution is -2.14. The monoisotopic (exact) mass is 188 g/mol. The first-order valence-corrected chi connectivity index (χ1v) is 5.12. The van der Waals surface area contributed by atoms with Crippen LogP contribution in [0.15, 0.2) is 0 Å². The molecule has 0 aromatic rings. The summed E-state index contributed by atoms with van der Waals surface area (Å²) in [4.78, 5) is 0. The Morgan fingerprint density at radius 3 is 2.00 bits per heavy atom. The molecule has 0 radical (unpaired) electrons. The maximum Gasteiger partial charge on any atom is 0.168 e. The molecule has 1 rings (SSSR count). The molecule has 2 nitrogen and oxygen atoms in total. The Kier molecular flexibility index (Phi) is 1.94. The predicted octanol–water partition coefficient (Wildman–Crippen LogP) is 0.977. The molecule has 0 saturated carbocycles. The number of hydrogen-bond acceptors (Lipinski definition) is 2. The highest BCUT2D eigenvalue weighted by atomic mass is 35.5. The van der Waals surface area contributed by atoms with Crippen molar-refractivity contribution in [2.75, 3.05) is 5.75 Å². The summed E-state index contributed by atoms with van der Waals surface area (Å²) >= 11 is 11.0. The average molecular weight is 189 g/mol. The normalized spacial score (nSPS) is 41.1. The molecule has 0 unspecified atom stereocenters. The van der Waals surface area contributed by atoms with Gasteiger partial charge in [-0.15, -0.1) is 23.2 Å². The minimum atomic E-state index is -3.04. The van der Waals surface area contributed by atoms with Crippen LogP contribution in [0.2, 0.25) is 0 Å². The van der Waals surface area contributed by atoms with Gasteiger partial charge in [0.05, 0.1) is 11.1 Å². The summed E-state index contributed by atoms with van der Waals surface area (Å²) in [6, 6.07) is 0. The molecule has 0 aliphatic carbocycles. The van der Waals surface area contributed by atoms with Gasteiger partial charge < -0.3 is 0 Å². The minimum Gasteiger partial charge on any atom is -0.227 e. The number of halogens is 2. The van der Waals surface area contributed by atoms with Gasteiger partial charge in [0.1, 0.15) is 0 Å². The molecule has 5 heteroatoms.